The van der Waals surface area contributed by atoms with Gasteiger partial charge in [-0.15, -0.1) is 0 Å². The number of amides is 10. The van der Waals surface area contributed by atoms with E-state index in [1.807, 2.05) is 0 Å². The van der Waals surface area contributed by atoms with Crippen molar-refractivity contribution in [3.8, 4) is 11.5 Å². The van der Waals surface area contributed by atoms with Crippen molar-refractivity contribution in [2.75, 3.05) is 13.1 Å². The van der Waals surface area contributed by atoms with Crippen LogP contribution >= 0.6 is 0 Å². The van der Waals surface area contributed by atoms with Gasteiger partial charge in [0, 0.05) is 32.2 Å². The maximum absolute atomic E-state index is 14.5. The lowest BCUT2D eigenvalue weighted by Crippen LogP contribution is -2.59. The normalized spacial score (nSPS) is 16.0. The van der Waals surface area contributed by atoms with Gasteiger partial charge in [0.1, 0.15) is 47.8 Å². The van der Waals surface area contributed by atoms with Gasteiger partial charge in [0.2, 0.25) is 59.1 Å². The molecule has 428 valence electrons. The van der Waals surface area contributed by atoms with Gasteiger partial charge in [0.25, 0.3) is 0 Å². The summed E-state index contributed by atoms with van der Waals surface area (Å²) in [6, 6.07) is 8.27. The number of rotatable bonds is 30. The number of nitrogens with zero attached hydrogens (tertiary/aromatic N) is 1. The molecule has 1 saturated heterocycles. The monoisotopic (exact) mass is 1100 g/mol. The largest absolute Gasteiger partial charge is 0.508 e. The third-order valence-corrected chi connectivity index (χ3v) is 12.7. The minimum Gasteiger partial charge on any atom is -0.508 e. The number of aliphatic hydroxyl groups is 1. The fraction of sp³-hybridized carbons (Fsp3) is 0.453. The van der Waals surface area contributed by atoms with E-state index in [-0.39, 0.29) is 68.9 Å². The van der Waals surface area contributed by atoms with Gasteiger partial charge in [-0.1, -0.05) is 68.4 Å². The predicted octanol–water partition coefficient (Wildman–Crippen LogP) is -2.88. The number of benzene rings is 3. The van der Waals surface area contributed by atoms with Crippen molar-refractivity contribution in [3.63, 3.8) is 0 Å². The number of phenolic OH excluding ortho intramolecular Hbond substituents is 2. The number of aliphatic hydroxyl groups excluding tert-OH is 1. The predicted molar refractivity (Wildman–Crippen MR) is 282 cm³/mol. The Labute approximate surface area is 455 Å². The maximum Gasteiger partial charge on any atom is 0.328 e. The van der Waals surface area contributed by atoms with Crippen LogP contribution in [0.15, 0.2) is 78.9 Å². The summed E-state index contributed by atoms with van der Waals surface area (Å²) in [7, 11) is 0. The summed E-state index contributed by atoms with van der Waals surface area (Å²) in [4.78, 5) is 147. The molecule has 0 bridgehead atoms. The van der Waals surface area contributed by atoms with E-state index < -0.39 is 132 Å². The number of likely N-dealkylation sites (tertiary alicyclic amines) is 1. The van der Waals surface area contributed by atoms with E-state index in [2.05, 4.69) is 37.2 Å². The summed E-state index contributed by atoms with van der Waals surface area (Å²) < 4.78 is 0. The number of nitrogens with two attached hydrogens (primary N) is 3. The summed E-state index contributed by atoms with van der Waals surface area (Å²) >= 11 is 0. The highest BCUT2D eigenvalue weighted by atomic mass is 16.4. The van der Waals surface area contributed by atoms with Crippen molar-refractivity contribution in [2.45, 2.75) is 133 Å². The van der Waals surface area contributed by atoms with Crippen molar-refractivity contribution in [1.29, 1.82) is 0 Å². The number of hydrogen-bond acceptors (Lipinski definition) is 15. The molecule has 26 heteroatoms. The van der Waals surface area contributed by atoms with Crippen LogP contribution in [0.2, 0.25) is 0 Å². The van der Waals surface area contributed by atoms with Gasteiger partial charge in [-0.05, 0) is 79.5 Å². The molecule has 26 nitrogen and oxygen atoms in total. The molecule has 9 atom stereocenters. The number of nitrogens with one attached hydrogen (secondary N) is 7. The van der Waals surface area contributed by atoms with E-state index in [1.54, 1.807) is 44.2 Å². The number of hydrogen-bond donors (Lipinski definition) is 14. The highest BCUT2D eigenvalue weighted by molar-refractivity contribution is 5.98. The lowest BCUT2D eigenvalue weighted by atomic mass is 10.0. The van der Waals surface area contributed by atoms with E-state index in [4.69, 9.17) is 17.2 Å². The third-order valence-electron chi connectivity index (χ3n) is 12.7. The minimum absolute atomic E-state index is 0.0574. The van der Waals surface area contributed by atoms with Crippen LogP contribution in [-0.4, -0.2) is 158 Å². The van der Waals surface area contributed by atoms with Crippen molar-refractivity contribution < 1.29 is 73.2 Å². The van der Waals surface area contributed by atoms with E-state index >= 15 is 0 Å². The van der Waals surface area contributed by atoms with Gasteiger partial charge in [0.15, 0.2) is 6.04 Å². The van der Waals surface area contributed by atoms with Crippen molar-refractivity contribution in [3.05, 3.63) is 95.6 Å². The van der Waals surface area contributed by atoms with Crippen LogP contribution in [0.3, 0.4) is 0 Å². The van der Waals surface area contributed by atoms with Gasteiger partial charge in [-0.2, -0.15) is 0 Å². The van der Waals surface area contributed by atoms with Crippen molar-refractivity contribution in [2.24, 2.45) is 23.1 Å². The molecule has 1 heterocycles. The fourth-order valence-corrected chi connectivity index (χ4v) is 8.52. The van der Waals surface area contributed by atoms with E-state index in [9.17, 15) is 73.2 Å². The molecule has 0 saturated carbocycles. The summed E-state index contributed by atoms with van der Waals surface area (Å²) in [5.41, 5.74) is 17.9. The number of phenols is 2. The number of carboxylic acid groups (broad SMARTS) is 1. The standard InChI is InChI=1S/C53H71N11O15/c1-28(2)22-36(50(75)63-45(29(3)65)53(78)79)62-51(76)41-10-7-21-64(41)52(77)40(25-32-13-17-34(67)18-14-32)58-44(70)27-57-47(72)37(23-30-8-5-4-6-9-30)60-48(73)38(24-31-11-15-33(66)16-12-31)61-49(74)39(26-43(56)69)59-46(71)35(54)19-20-42(55)68/h4-6,8-9,11-18,28-29,35-41,45,65-67H,7,10,19-27,54H2,1-3H3,(H2,55,68)(H2,56,69)(H,57,72)(H,58,70)(H,59,71)(H,60,73)(H,61,74)(H,62,76)(H,63,75)(H,78,79)/t29-,35+,36+,37+,38+,39+,40+,41+,45+/m1/s1. The van der Waals surface area contributed by atoms with Gasteiger partial charge >= 0.3 is 5.97 Å². The summed E-state index contributed by atoms with van der Waals surface area (Å²) in [6.45, 7) is 4.02. The molecule has 3 aromatic rings. The molecule has 0 unspecified atom stereocenters. The molecule has 0 spiro atoms. The van der Waals surface area contributed by atoms with Crippen LogP contribution in [0, 0.1) is 5.92 Å². The molecule has 1 aliphatic rings. The Kier molecular flexibility index (Phi) is 24.1. The SMILES string of the molecule is CC(C)C[C@H](NC(=O)[C@@H]1CCCN1C(=O)[C@H](Cc1ccc(O)cc1)NC(=O)CNC(=O)[C@H](Cc1ccccc1)NC(=O)[C@H](Cc1ccc(O)cc1)NC(=O)[C@H](CC(N)=O)NC(=O)[C@@H](N)CCC(N)=O)C(=O)N[C@H](C(=O)O)[C@@H](C)O. The van der Waals surface area contributed by atoms with Crippen LogP contribution in [0.1, 0.15) is 76.0 Å². The molecule has 0 aromatic heterocycles. The minimum atomic E-state index is -1.67. The molecule has 10 amide bonds. The third kappa shape index (κ3) is 20.7. The number of aliphatic carboxylic acids is 1. The molecule has 1 aliphatic heterocycles. The zero-order valence-corrected chi connectivity index (χ0v) is 44.0. The lowest BCUT2D eigenvalue weighted by molar-refractivity contribution is -0.145. The number of primary amides is 2. The number of carbonyl (C=O) groups excluding carboxylic acids is 10. The highest BCUT2D eigenvalue weighted by Crippen LogP contribution is 2.22. The second kappa shape index (κ2) is 30.3. The molecular formula is C53H71N11O15. The van der Waals surface area contributed by atoms with Crippen molar-refractivity contribution in [1.82, 2.24) is 42.1 Å². The van der Waals surface area contributed by atoms with Crippen LogP contribution in [0.5, 0.6) is 11.5 Å². The Morgan fingerprint density at radius 1 is 0.608 bits per heavy atom. The molecular weight excluding hydrogens is 1030 g/mol. The van der Waals surface area contributed by atoms with Crippen LogP contribution in [0.25, 0.3) is 0 Å². The zero-order chi connectivity index (χ0) is 58.5. The average Bonchev–Trinajstić information content (AvgIpc) is 3.91. The Morgan fingerprint density at radius 2 is 1.11 bits per heavy atom. The maximum atomic E-state index is 14.5. The Morgan fingerprint density at radius 3 is 1.63 bits per heavy atom. The van der Waals surface area contributed by atoms with Gasteiger partial charge < -0.3 is 79.7 Å². The molecule has 0 aliphatic carbocycles. The number of carboxylic acids is 1. The topological polar surface area (TPSA) is 434 Å². The van der Waals surface area contributed by atoms with E-state index in [0.717, 1.165) is 0 Å². The number of aromatic hydroxyl groups is 2. The molecule has 17 N–H and O–H groups in total. The van der Waals surface area contributed by atoms with Gasteiger partial charge in [0.05, 0.1) is 25.1 Å². The average molecular weight is 1100 g/mol. The molecule has 0 radical (unpaired) electrons. The quantitative estimate of drug-likeness (QED) is 0.0319. The van der Waals surface area contributed by atoms with Crippen molar-refractivity contribution >= 4 is 65.0 Å². The second-order valence-corrected chi connectivity index (χ2v) is 19.7. The summed E-state index contributed by atoms with van der Waals surface area (Å²) in [6.07, 6.45) is -2.69. The Hall–Kier alpha value is -8.65. The highest BCUT2D eigenvalue weighted by Gasteiger charge is 2.40. The molecule has 4 rings (SSSR count). The van der Waals surface area contributed by atoms with Crippen LogP contribution in [-0.2, 0) is 72.0 Å². The zero-order valence-electron chi connectivity index (χ0n) is 44.0. The first kappa shape index (κ1) is 62.9. The molecule has 79 heavy (non-hydrogen) atoms. The fourth-order valence-electron chi connectivity index (χ4n) is 8.52. The Balaban J connectivity index is 1.57. The van der Waals surface area contributed by atoms with E-state index in [1.165, 1.54) is 60.4 Å². The van der Waals surface area contributed by atoms with Crippen LogP contribution in [0.4, 0.5) is 0 Å². The lowest BCUT2D eigenvalue weighted by Gasteiger charge is -2.30. The smallest absolute Gasteiger partial charge is 0.328 e. The van der Waals surface area contributed by atoms with Gasteiger partial charge in [-0.3, -0.25) is 47.9 Å². The Bertz CT molecular complexity index is 2640. The molecule has 1 fully saturated rings. The summed E-state index contributed by atoms with van der Waals surface area (Å²) in [5.74, 6) is -10.7. The summed E-state index contributed by atoms with van der Waals surface area (Å²) in [5, 5.41) is 56.9. The first-order valence-electron chi connectivity index (χ1n) is 25.5. The first-order chi connectivity index (χ1) is 37.3. The van der Waals surface area contributed by atoms with Crippen LogP contribution < -0.4 is 54.4 Å². The van der Waals surface area contributed by atoms with Gasteiger partial charge in [-0.25, -0.2) is 4.79 Å². The first-order valence-corrected chi connectivity index (χ1v) is 25.5. The second-order valence-electron chi connectivity index (χ2n) is 19.7. The number of carbonyl (C=O) groups is 11. The van der Waals surface area contributed by atoms with E-state index in [0.29, 0.717) is 23.1 Å². The molecule has 3 aromatic carbocycles.